The Morgan fingerprint density at radius 2 is 1.90 bits per heavy atom. The van der Waals surface area contributed by atoms with Gasteiger partial charge >= 0.3 is 5.97 Å². The van der Waals surface area contributed by atoms with Crippen LogP contribution in [0, 0.1) is 10.8 Å². The fourth-order valence-electron chi connectivity index (χ4n) is 5.73. The topological polar surface area (TPSA) is 76.7 Å². The molecule has 7 heteroatoms. The standard InChI is InChI=1S/C23H31ClN2O4/c1-16(21-13-22(14-21,15-21)20(28)29-2)26-19(27)23(8-3-4-9-23)25-10-11-30-18-7-5-6-17(24)12-18/h5-7,12,16,25H,3-4,8-11,13-15H2,1-2H3,(H,26,27). The minimum Gasteiger partial charge on any atom is -0.492 e. The molecule has 164 valence electrons. The van der Waals surface area contributed by atoms with Gasteiger partial charge in [-0.3, -0.25) is 14.9 Å². The van der Waals surface area contributed by atoms with Crippen LogP contribution in [0.2, 0.25) is 5.02 Å². The Hall–Kier alpha value is -1.79. The van der Waals surface area contributed by atoms with E-state index in [0.717, 1.165) is 50.7 Å². The van der Waals surface area contributed by atoms with Crippen molar-refractivity contribution in [3.05, 3.63) is 29.3 Å². The van der Waals surface area contributed by atoms with E-state index in [1.807, 2.05) is 18.2 Å². The van der Waals surface area contributed by atoms with E-state index in [2.05, 4.69) is 17.6 Å². The van der Waals surface area contributed by atoms with E-state index in [1.165, 1.54) is 7.11 Å². The molecule has 0 heterocycles. The SMILES string of the molecule is COC(=O)C12CC(C(C)NC(=O)C3(NCCOc4cccc(Cl)c4)CCCC3)(C1)C2. The van der Waals surface area contributed by atoms with Gasteiger partial charge < -0.3 is 14.8 Å². The minimum absolute atomic E-state index is 0.0542. The number of halogens is 1. The number of amides is 1. The van der Waals surface area contributed by atoms with Gasteiger partial charge in [-0.15, -0.1) is 0 Å². The lowest BCUT2D eigenvalue weighted by molar-refractivity contribution is -0.234. The lowest BCUT2D eigenvalue weighted by Gasteiger charge is -2.70. The van der Waals surface area contributed by atoms with E-state index >= 15 is 0 Å². The van der Waals surface area contributed by atoms with Crippen molar-refractivity contribution in [2.75, 3.05) is 20.3 Å². The monoisotopic (exact) mass is 434 g/mol. The molecule has 1 aromatic carbocycles. The highest BCUT2D eigenvalue weighted by molar-refractivity contribution is 6.30. The van der Waals surface area contributed by atoms with Crippen molar-refractivity contribution in [3.63, 3.8) is 0 Å². The Bertz CT molecular complexity index is 801. The lowest BCUT2D eigenvalue weighted by atomic mass is 9.33. The zero-order valence-corrected chi connectivity index (χ0v) is 18.5. The number of esters is 1. The van der Waals surface area contributed by atoms with Gasteiger partial charge in [-0.25, -0.2) is 0 Å². The number of nitrogens with one attached hydrogen (secondary N) is 2. The molecular weight excluding hydrogens is 404 g/mol. The summed E-state index contributed by atoms with van der Waals surface area (Å²) < 4.78 is 10.7. The van der Waals surface area contributed by atoms with Gasteiger partial charge in [0.1, 0.15) is 12.4 Å². The van der Waals surface area contributed by atoms with Crippen LogP contribution >= 0.6 is 11.6 Å². The fraction of sp³-hybridized carbons (Fsp3) is 0.652. The highest BCUT2D eigenvalue weighted by Crippen LogP contribution is 2.75. The maximum Gasteiger partial charge on any atom is 0.311 e. The summed E-state index contributed by atoms with van der Waals surface area (Å²) in [6.45, 7) is 3.13. The zero-order chi connectivity index (χ0) is 21.4. The zero-order valence-electron chi connectivity index (χ0n) is 17.8. The molecule has 5 rings (SSSR count). The summed E-state index contributed by atoms with van der Waals surface area (Å²) in [5.41, 5.74) is -0.760. The van der Waals surface area contributed by atoms with Crippen molar-refractivity contribution in [3.8, 4) is 5.75 Å². The van der Waals surface area contributed by atoms with Crippen molar-refractivity contribution >= 4 is 23.5 Å². The summed E-state index contributed by atoms with van der Waals surface area (Å²) in [5.74, 6) is 0.703. The highest BCUT2D eigenvalue weighted by Gasteiger charge is 2.74. The maximum atomic E-state index is 13.2. The molecule has 2 bridgehead atoms. The van der Waals surface area contributed by atoms with Gasteiger partial charge in [0.2, 0.25) is 5.91 Å². The van der Waals surface area contributed by atoms with Crippen molar-refractivity contribution in [1.29, 1.82) is 0 Å². The number of ether oxygens (including phenoxy) is 2. The third kappa shape index (κ3) is 3.69. The van der Waals surface area contributed by atoms with Crippen molar-refractivity contribution in [2.24, 2.45) is 10.8 Å². The Labute approximate surface area is 183 Å². The van der Waals surface area contributed by atoms with Crippen LogP contribution in [0.15, 0.2) is 24.3 Å². The third-order valence-corrected chi connectivity index (χ3v) is 7.71. The second-order valence-electron chi connectivity index (χ2n) is 9.38. The molecule has 0 spiro atoms. The van der Waals surface area contributed by atoms with E-state index in [9.17, 15) is 9.59 Å². The van der Waals surface area contributed by atoms with Crippen LogP contribution in [-0.4, -0.2) is 43.7 Å². The van der Waals surface area contributed by atoms with Crippen molar-refractivity contribution < 1.29 is 19.1 Å². The number of hydrogen-bond donors (Lipinski definition) is 2. The van der Waals surface area contributed by atoms with Crippen LogP contribution in [0.3, 0.4) is 0 Å². The minimum atomic E-state index is -0.532. The Morgan fingerprint density at radius 3 is 2.53 bits per heavy atom. The average Bonchev–Trinajstić information content (AvgIpc) is 3.13. The van der Waals surface area contributed by atoms with Crippen LogP contribution in [0.5, 0.6) is 5.75 Å². The first-order valence-corrected chi connectivity index (χ1v) is 11.2. The number of hydrogen-bond acceptors (Lipinski definition) is 5. The molecule has 1 unspecified atom stereocenters. The molecule has 0 radical (unpaired) electrons. The van der Waals surface area contributed by atoms with Gasteiger partial charge in [0.25, 0.3) is 0 Å². The van der Waals surface area contributed by atoms with Crippen LogP contribution < -0.4 is 15.4 Å². The summed E-state index contributed by atoms with van der Waals surface area (Å²) in [6, 6.07) is 7.37. The molecule has 6 nitrogen and oxygen atoms in total. The van der Waals surface area contributed by atoms with Crippen LogP contribution in [0.4, 0.5) is 0 Å². The fourth-order valence-corrected chi connectivity index (χ4v) is 5.91. The molecule has 4 aliphatic carbocycles. The van der Waals surface area contributed by atoms with Gasteiger partial charge in [-0.05, 0) is 62.6 Å². The molecule has 0 aromatic heterocycles. The van der Waals surface area contributed by atoms with Gasteiger partial charge in [0, 0.05) is 17.6 Å². The number of benzene rings is 1. The molecule has 30 heavy (non-hydrogen) atoms. The highest BCUT2D eigenvalue weighted by atomic mass is 35.5. The lowest BCUT2D eigenvalue weighted by Crippen LogP contribution is -2.73. The molecule has 4 aliphatic rings. The molecule has 4 fully saturated rings. The maximum absolute atomic E-state index is 13.2. The first-order valence-electron chi connectivity index (χ1n) is 10.9. The smallest absolute Gasteiger partial charge is 0.311 e. The summed E-state index contributed by atoms with van der Waals surface area (Å²) >= 11 is 5.99. The predicted octanol–water partition coefficient (Wildman–Crippen LogP) is 3.47. The first kappa shape index (κ1) is 21.4. The quantitative estimate of drug-likeness (QED) is 0.459. The molecule has 1 amide bonds. The second-order valence-corrected chi connectivity index (χ2v) is 9.82. The van der Waals surface area contributed by atoms with E-state index in [-0.39, 0.29) is 28.7 Å². The van der Waals surface area contributed by atoms with Crippen LogP contribution in [0.1, 0.15) is 51.9 Å². The Kier molecular flexibility index (Phi) is 5.75. The average molecular weight is 435 g/mol. The van der Waals surface area contributed by atoms with Gasteiger partial charge in [-0.1, -0.05) is 30.5 Å². The largest absolute Gasteiger partial charge is 0.492 e. The summed E-state index contributed by atoms with van der Waals surface area (Å²) in [6.07, 6.45) is 6.22. The molecule has 1 aromatic rings. The molecule has 4 saturated carbocycles. The molecular formula is C23H31ClN2O4. The Morgan fingerprint density at radius 1 is 1.20 bits per heavy atom. The number of carbonyl (C=O) groups is 2. The number of rotatable bonds is 9. The molecule has 2 N–H and O–H groups in total. The van der Waals surface area contributed by atoms with E-state index in [4.69, 9.17) is 21.1 Å². The second kappa shape index (κ2) is 8.04. The van der Waals surface area contributed by atoms with Gasteiger partial charge in [-0.2, -0.15) is 0 Å². The summed E-state index contributed by atoms with van der Waals surface area (Å²) in [4.78, 5) is 25.2. The summed E-state index contributed by atoms with van der Waals surface area (Å²) in [7, 11) is 1.45. The number of methoxy groups -OCH3 is 1. The van der Waals surface area contributed by atoms with E-state index in [1.54, 1.807) is 6.07 Å². The predicted molar refractivity (Wildman–Crippen MR) is 114 cm³/mol. The first-order chi connectivity index (χ1) is 14.3. The van der Waals surface area contributed by atoms with Crippen molar-refractivity contribution in [1.82, 2.24) is 10.6 Å². The molecule has 0 aliphatic heterocycles. The van der Waals surface area contributed by atoms with E-state index < -0.39 is 5.54 Å². The van der Waals surface area contributed by atoms with Gasteiger partial charge in [0.15, 0.2) is 0 Å². The molecule has 1 atom stereocenters. The molecule has 0 saturated heterocycles. The normalized spacial score (nSPS) is 29.3. The Balaban J connectivity index is 1.28. The van der Waals surface area contributed by atoms with Crippen LogP contribution in [-0.2, 0) is 14.3 Å². The number of carbonyl (C=O) groups excluding carboxylic acids is 2. The summed E-state index contributed by atoms with van der Waals surface area (Å²) in [5, 5.41) is 7.39. The third-order valence-electron chi connectivity index (χ3n) is 7.48. The van der Waals surface area contributed by atoms with Crippen molar-refractivity contribution in [2.45, 2.75) is 63.5 Å². The van der Waals surface area contributed by atoms with Crippen LogP contribution in [0.25, 0.3) is 0 Å². The van der Waals surface area contributed by atoms with E-state index in [0.29, 0.717) is 18.2 Å². The van der Waals surface area contributed by atoms with Gasteiger partial charge in [0.05, 0.1) is 18.1 Å².